The summed E-state index contributed by atoms with van der Waals surface area (Å²) in [5.74, 6) is -0.308. The van der Waals surface area contributed by atoms with Crippen LogP contribution in [0.5, 0.6) is 5.75 Å². The molecule has 178 valence electrons. The number of ether oxygens (including phenoxy) is 1. The molecule has 0 saturated carbocycles. The number of hydrogen-bond acceptors (Lipinski definition) is 5. The van der Waals surface area contributed by atoms with E-state index in [1.54, 1.807) is 24.3 Å². The molecule has 0 saturated heterocycles. The Morgan fingerprint density at radius 3 is 2.18 bits per heavy atom. The molecular formula is C26H30N4O4. The van der Waals surface area contributed by atoms with Gasteiger partial charge < -0.3 is 4.74 Å². The van der Waals surface area contributed by atoms with E-state index in [9.17, 15) is 14.4 Å². The Morgan fingerprint density at radius 1 is 0.912 bits per heavy atom. The molecule has 8 nitrogen and oxygen atoms in total. The number of rotatable bonds is 7. The van der Waals surface area contributed by atoms with Gasteiger partial charge in [-0.2, -0.15) is 5.10 Å². The molecular weight excluding hydrogens is 432 g/mol. The van der Waals surface area contributed by atoms with E-state index >= 15 is 0 Å². The molecule has 0 aliphatic rings. The van der Waals surface area contributed by atoms with Gasteiger partial charge >= 0.3 is 0 Å². The molecule has 0 fully saturated rings. The molecule has 0 aliphatic carbocycles. The molecule has 2 N–H and O–H groups in total. The number of carbonyl (C=O) groups is 2. The van der Waals surface area contributed by atoms with Crippen molar-refractivity contribution in [3.8, 4) is 5.75 Å². The van der Waals surface area contributed by atoms with Crippen LogP contribution in [0.15, 0.2) is 65.5 Å². The number of nitrogens with zero attached hydrogens (tertiary/aromatic N) is 2. The van der Waals surface area contributed by atoms with E-state index in [2.05, 4.69) is 48.9 Å². The lowest BCUT2D eigenvalue weighted by Crippen LogP contribution is -2.42. The van der Waals surface area contributed by atoms with E-state index in [1.807, 2.05) is 19.1 Å². The van der Waals surface area contributed by atoms with Gasteiger partial charge in [-0.05, 0) is 53.3 Å². The maximum Gasteiger partial charge on any atom is 0.290 e. The summed E-state index contributed by atoms with van der Waals surface area (Å²) in [4.78, 5) is 36.4. The quantitative estimate of drug-likeness (QED) is 0.522. The number of amides is 2. The number of hydrazine groups is 1. The third-order valence-electron chi connectivity index (χ3n) is 5.17. The van der Waals surface area contributed by atoms with Crippen molar-refractivity contribution in [3.63, 3.8) is 0 Å². The minimum Gasteiger partial charge on any atom is -0.489 e. The minimum absolute atomic E-state index is 0.0383. The number of aromatic nitrogens is 2. The van der Waals surface area contributed by atoms with Crippen LogP contribution in [0.4, 0.5) is 0 Å². The molecule has 1 heterocycles. The van der Waals surface area contributed by atoms with Crippen LogP contribution in [0, 0.1) is 0 Å². The Kier molecular flexibility index (Phi) is 7.83. The zero-order valence-corrected chi connectivity index (χ0v) is 19.9. The highest BCUT2D eigenvalue weighted by molar-refractivity contribution is 5.98. The summed E-state index contributed by atoms with van der Waals surface area (Å²) in [6.07, 6.45) is 0.708. The average molecular weight is 463 g/mol. The van der Waals surface area contributed by atoms with E-state index in [-0.39, 0.29) is 16.7 Å². The van der Waals surface area contributed by atoms with Gasteiger partial charge in [-0.1, -0.05) is 52.0 Å². The van der Waals surface area contributed by atoms with Crippen molar-refractivity contribution < 1.29 is 14.3 Å². The summed E-state index contributed by atoms with van der Waals surface area (Å²) in [7, 11) is 0. The van der Waals surface area contributed by atoms with Crippen LogP contribution in [0.25, 0.3) is 0 Å². The van der Waals surface area contributed by atoms with E-state index in [1.165, 1.54) is 22.4 Å². The first-order valence-electron chi connectivity index (χ1n) is 11.2. The number of carbonyl (C=O) groups excluding carboxylic acids is 2. The van der Waals surface area contributed by atoms with Crippen molar-refractivity contribution >= 4 is 11.8 Å². The number of hydrogen-bond donors (Lipinski definition) is 2. The highest BCUT2D eigenvalue weighted by Crippen LogP contribution is 2.24. The highest BCUT2D eigenvalue weighted by Gasteiger charge is 2.14. The molecule has 0 bridgehead atoms. The first kappa shape index (κ1) is 24.7. The maximum atomic E-state index is 12.4. The Bertz CT molecular complexity index is 1190. The molecule has 1 aromatic heterocycles. The summed E-state index contributed by atoms with van der Waals surface area (Å²) in [5.41, 5.74) is 7.04. The molecule has 3 aromatic rings. The topological polar surface area (TPSA) is 102 Å². The van der Waals surface area contributed by atoms with E-state index in [0.29, 0.717) is 25.1 Å². The van der Waals surface area contributed by atoms with Crippen molar-refractivity contribution in [2.75, 3.05) is 0 Å². The third kappa shape index (κ3) is 6.54. The second kappa shape index (κ2) is 10.8. The third-order valence-corrected chi connectivity index (χ3v) is 5.17. The van der Waals surface area contributed by atoms with Gasteiger partial charge in [0.2, 0.25) is 0 Å². The molecule has 0 atom stereocenters. The maximum absolute atomic E-state index is 12.4. The van der Waals surface area contributed by atoms with Gasteiger partial charge in [0, 0.05) is 18.2 Å². The molecule has 2 aromatic carbocycles. The van der Waals surface area contributed by atoms with Crippen molar-refractivity contribution in [2.24, 2.45) is 0 Å². The lowest BCUT2D eigenvalue weighted by Gasteiger charge is -2.19. The average Bonchev–Trinajstić information content (AvgIpc) is 2.82. The number of aryl methyl sites for hydroxylation is 1. The van der Waals surface area contributed by atoms with Gasteiger partial charge in [-0.15, -0.1) is 0 Å². The van der Waals surface area contributed by atoms with Gasteiger partial charge in [-0.25, -0.2) is 4.68 Å². The zero-order valence-electron chi connectivity index (χ0n) is 19.9. The second-order valence-corrected chi connectivity index (χ2v) is 8.95. The molecule has 8 heteroatoms. The molecule has 0 unspecified atom stereocenters. The van der Waals surface area contributed by atoms with Crippen LogP contribution >= 0.6 is 0 Å². The molecule has 0 radical (unpaired) electrons. The van der Waals surface area contributed by atoms with Gasteiger partial charge in [0.15, 0.2) is 5.69 Å². The summed E-state index contributed by atoms with van der Waals surface area (Å²) in [5, 5.41) is 4.01. The standard InChI is InChI=1S/C26H30N4O4/c1-5-16-30-23(31)15-14-22(29-30)25(33)28-27-24(32)19-8-6-18(7-9-19)17-34-21-12-10-20(11-13-21)26(2,3)4/h6-15H,5,16-17H2,1-4H3,(H,27,32)(H,28,33). The van der Waals surface area contributed by atoms with Gasteiger partial charge in [0.1, 0.15) is 12.4 Å². The Hall–Kier alpha value is -3.94. The van der Waals surface area contributed by atoms with E-state index in [4.69, 9.17) is 4.74 Å². The minimum atomic E-state index is -0.610. The molecule has 3 rings (SSSR count). The lowest BCUT2D eigenvalue weighted by molar-refractivity contribution is 0.0842. The fourth-order valence-electron chi connectivity index (χ4n) is 3.16. The van der Waals surface area contributed by atoms with Crippen LogP contribution in [0.1, 0.15) is 66.1 Å². The zero-order chi connectivity index (χ0) is 24.7. The summed E-state index contributed by atoms with van der Waals surface area (Å²) in [6.45, 7) is 9.17. The fraction of sp³-hybridized carbons (Fsp3) is 0.308. The Balaban J connectivity index is 1.52. The van der Waals surface area contributed by atoms with Crippen LogP contribution in [0.2, 0.25) is 0 Å². The van der Waals surface area contributed by atoms with Gasteiger partial charge in [-0.3, -0.25) is 25.2 Å². The highest BCUT2D eigenvalue weighted by atomic mass is 16.5. The predicted molar refractivity (Wildman–Crippen MR) is 130 cm³/mol. The van der Waals surface area contributed by atoms with Crippen LogP contribution in [-0.2, 0) is 18.6 Å². The predicted octanol–water partition coefficient (Wildman–Crippen LogP) is 3.60. The van der Waals surface area contributed by atoms with Crippen molar-refractivity contribution in [1.29, 1.82) is 0 Å². The molecule has 34 heavy (non-hydrogen) atoms. The Morgan fingerprint density at radius 2 is 1.56 bits per heavy atom. The largest absolute Gasteiger partial charge is 0.489 e. The van der Waals surface area contributed by atoms with Gasteiger partial charge in [0.05, 0.1) is 0 Å². The normalized spacial score (nSPS) is 11.1. The summed E-state index contributed by atoms with van der Waals surface area (Å²) in [6, 6.07) is 17.5. The first-order valence-corrected chi connectivity index (χ1v) is 11.2. The van der Waals surface area contributed by atoms with Crippen molar-refractivity contribution in [2.45, 2.75) is 52.7 Å². The molecule has 0 aliphatic heterocycles. The smallest absolute Gasteiger partial charge is 0.290 e. The van der Waals surface area contributed by atoms with Crippen LogP contribution in [0.3, 0.4) is 0 Å². The van der Waals surface area contributed by atoms with Crippen molar-refractivity contribution in [1.82, 2.24) is 20.6 Å². The SMILES string of the molecule is CCCn1nc(C(=O)NNC(=O)c2ccc(COc3ccc(C(C)(C)C)cc3)cc2)ccc1=O. The first-order chi connectivity index (χ1) is 16.2. The monoisotopic (exact) mass is 462 g/mol. The van der Waals surface area contributed by atoms with Gasteiger partial charge in [0.25, 0.3) is 17.4 Å². The number of nitrogens with one attached hydrogen (secondary N) is 2. The fourth-order valence-corrected chi connectivity index (χ4v) is 3.16. The summed E-state index contributed by atoms with van der Waals surface area (Å²) >= 11 is 0. The Labute approximate surface area is 198 Å². The lowest BCUT2D eigenvalue weighted by atomic mass is 9.87. The molecule has 0 spiro atoms. The summed E-state index contributed by atoms with van der Waals surface area (Å²) < 4.78 is 7.05. The van der Waals surface area contributed by atoms with Crippen molar-refractivity contribution in [3.05, 3.63) is 93.4 Å². The molecule has 2 amide bonds. The number of benzene rings is 2. The second-order valence-electron chi connectivity index (χ2n) is 8.95. The van der Waals surface area contributed by atoms with Crippen LogP contribution in [-0.4, -0.2) is 21.6 Å². The van der Waals surface area contributed by atoms with E-state index in [0.717, 1.165) is 11.3 Å². The van der Waals surface area contributed by atoms with E-state index < -0.39 is 11.8 Å². The van der Waals surface area contributed by atoms with Crippen LogP contribution < -0.4 is 21.1 Å².